The minimum absolute atomic E-state index is 0.0416. The van der Waals surface area contributed by atoms with Crippen molar-refractivity contribution in [2.75, 3.05) is 13.1 Å². The summed E-state index contributed by atoms with van der Waals surface area (Å²) >= 11 is 0. The normalized spacial score (nSPS) is 21.2. The summed E-state index contributed by atoms with van der Waals surface area (Å²) in [7, 11) is 0. The van der Waals surface area contributed by atoms with E-state index in [0.29, 0.717) is 13.0 Å². The second kappa shape index (κ2) is 15.6. The van der Waals surface area contributed by atoms with Crippen LogP contribution in [0.5, 0.6) is 0 Å². The molecular weight excluding hydrogens is 626 g/mol. The zero-order valence-electron chi connectivity index (χ0n) is 30.5. The highest BCUT2D eigenvalue weighted by atomic mass is 16.5. The first kappa shape index (κ1) is 39.2. The molecule has 3 rings (SSSR count). The number of amides is 5. The van der Waals surface area contributed by atoms with Crippen LogP contribution in [-0.4, -0.2) is 77.7 Å². The molecule has 0 aromatic heterocycles. The second-order valence-corrected chi connectivity index (χ2v) is 15.9. The molecule has 12 heteroatoms. The summed E-state index contributed by atoms with van der Waals surface area (Å²) in [6.07, 6.45) is 2.24. The number of carbonyl (C=O) groups is 6. The molecule has 1 saturated carbocycles. The number of urea groups is 1. The van der Waals surface area contributed by atoms with Crippen molar-refractivity contribution in [3.63, 3.8) is 0 Å². The smallest absolute Gasteiger partial charge is 0.329 e. The topological polar surface area (TPSA) is 163 Å². The molecule has 2 fully saturated rings. The molecular formula is C37H55N5O7. The van der Waals surface area contributed by atoms with Crippen LogP contribution in [0, 0.1) is 28.1 Å². The number of benzene rings is 1. The van der Waals surface area contributed by atoms with E-state index in [0.717, 1.165) is 5.56 Å². The monoisotopic (exact) mass is 681 g/mol. The first-order valence-corrected chi connectivity index (χ1v) is 17.1. The lowest BCUT2D eigenvalue weighted by molar-refractivity contribution is -0.150. The number of nitrogens with one attached hydrogen (secondary N) is 4. The fraction of sp³-hybridized carbons (Fsp3) is 0.622. The van der Waals surface area contributed by atoms with E-state index in [1.54, 1.807) is 41.5 Å². The molecule has 270 valence electrons. The molecule has 0 spiro atoms. The molecule has 0 bridgehead atoms. The number of ether oxygens (including phenoxy) is 1. The number of hydrogen-bond acceptors (Lipinski definition) is 7. The number of fused-ring (bicyclic) bond motifs is 1. The summed E-state index contributed by atoms with van der Waals surface area (Å²) in [5.74, 6) is -3.28. The van der Waals surface area contributed by atoms with Crippen LogP contribution in [0.15, 0.2) is 43.0 Å². The van der Waals surface area contributed by atoms with Crippen molar-refractivity contribution in [1.29, 1.82) is 0 Å². The lowest BCUT2D eigenvalue weighted by Gasteiger charge is -2.38. The largest absolute Gasteiger partial charge is 0.459 e. The van der Waals surface area contributed by atoms with E-state index in [1.807, 2.05) is 51.1 Å². The Morgan fingerprint density at radius 2 is 1.55 bits per heavy atom. The molecule has 0 radical (unpaired) electrons. The zero-order valence-corrected chi connectivity index (χ0v) is 30.5. The Morgan fingerprint density at radius 3 is 2.10 bits per heavy atom. The maximum absolute atomic E-state index is 14.3. The van der Waals surface area contributed by atoms with Crippen molar-refractivity contribution in [2.24, 2.45) is 28.1 Å². The van der Waals surface area contributed by atoms with Crippen LogP contribution in [0.1, 0.15) is 80.7 Å². The molecule has 1 aromatic carbocycles. The lowest BCUT2D eigenvalue weighted by Crippen LogP contribution is -2.62. The molecule has 2 aliphatic rings. The van der Waals surface area contributed by atoms with E-state index in [9.17, 15) is 28.8 Å². The summed E-state index contributed by atoms with van der Waals surface area (Å²) in [4.78, 5) is 81.9. The van der Waals surface area contributed by atoms with Gasteiger partial charge in [-0.15, -0.1) is 6.58 Å². The molecule has 49 heavy (non-hydrogen) atoms. The van der Waals surface area contributed by atoms with Crippen LogP contribution in [0.2, 0.25) is 0 Å². The van der Waals surface area contributed by atoms with Gasteiger partial charge in [0.05, 0.1) is 6.04 Å². The summed E-state index contributed by atoms with van der Waals surface area (Å²) in [6.45, 7) is 20.7. The van der Waals surface area contributed by atoms with Gasteiger partial charge < -0.3 is 30.9 Å². The summed E-state index contributed by atoms with van der Waals surface area (Å²) in [6, 6.07) is 4.42. The SMILES string of the molecule is C=CCNC(=O)C(=O)C(CCC)NC(=O)[C@@H]1[C@@H]2[C@H](CN1C(=O)[C@@H](NC(=O)N[C@H](C(=O)OCc1ccccc1)C(C)(C)C)C(C)(C)C)C2(C)C. The van der Waals surface area contributed by atoms with Crippen LogP contribution in [0.25, 0.3) is 0 Å². The van der Waals surface area contributed by atoms with Crippen LogP contribution in [0.4, 0.5) is 4.79 Å². The van der Waals surface area contributed by atoms with Gasteiger partial charge >= 0.3 is 12.0 Å². The number of rotatable bonds is 14. The Kier molecular flexibility index (Phi) is 12.4. The number of piperidine rings is 1. The summed E-state index contributed by atoms with van der Waals surface area (Å²) < 4.78 is 5.54. The molecule has 6 atom stereocenters. The van der Waals surface area contributed by atoms with Gasteiger partial charge in [0.2, 0.25) is 17.6 Å². The van der Waals surface area contributed by atoms with E-state index >= 15 is 0 Å². The molecule has 12 nitrogen and oxygen atoms in total. The minimum atomic E-state index is -1.07. The highest BCUT2D eigenvalue weighted by Gasteiger charge is 2.70. The van der Waals surface area contributed by atoms with Gasteiger partial charge in [0, 0.05) is 13.1 Å². The predicted molar refractivity (Wildman–Crippen MR) is 186 cm³/mol. The number of Topliss-reactive ketones (excluding diaryl/α,β-unsaturated/α-hetero) is 1. The second-order valence-electron chi connectivity index (χ2n) is 15.9. The highest BCUT2D eigenvalue weighted by Crippen LogP contribution is 2.65. The third kappa shape index (κ3) is 9.48. The van der Waals surface area contributed by atoms with Crippen molar-refractivity contribution in [3.8, 4) is 0 Å². The third-order valence-corrected chi connectivity index (χ3v) is 9.59. The van der Waals surface area contributed by atoms with Crippen LogP contribution >= 0.6 is 0 Å². The highest BCUT2D eigenvalue weighted by molar-refractivity contribution is 6.38. The van der Waals surface area contributed by atoms with Crippen LogP contribution in [0.3, 0.4) is 0 Å². The predicted octanol–water partition coefficient (Wildman–Crippen LogP) is 3.50. The summed E-state index contributed by atoms with van der Waals surface area (Å²) in [5.41, 5.74) is -0.913. The van der Waals surface area contributed by atoms with Gasteiger partial charge in [0.15, 0.2) is 0 Å². The van der Waals surface area contributed by atoms with Crippen molar-refractivity contribution >= 4 is 35.5 Å². The van der Waals surface area contributed by atoms with Gasteiger partial charge in [-0.1, -0.05) is 105 Å². The van der Waals surface area contributed by atoms with Crippen molar-refractivity contribution in [1.82, 2.24) is 26.2 Å². The molecule has 4 N–H and O–H groups in total. The number of likely N-dealkylation sites (tertiary alicyclic amines) is 1. The first-order valence-electron chi connectivity index (χ1n) is 17.1. The fourth-order valence-corrected chi connectivity index (χ4v) is 6.60. The van der Waals surface area contributed by atoms with Gasteiger partial charge in [0.1, 0.15) is 24.7 Å². The van der Waals surface area contributed by atoms with E-state index in [4.69, 9.17) is 4.74 Å². The molecule has 5 amide bonds. The molecule has 1 unspecified atom stereocenters. The minimum Gasteiger partial charge on any atom is -0.459 e. The van der Waals surface area contributed by atoms with E-state index in [-0.39, 0.29) is 36.8 Å². The van der Waals surface area contributed by atoms with Gasteiger partial charge in [0.25, 0.3) is 5.91 Å². The molecule has 1 aliphatic heterocycles. The van der Waals surface area contributed by atoms with Gasteiger partial charge in [-0.25, -0.2) is 9.59 Å². The van der Waals surface area contributed by atoms with Crippen molar-refractivity contribution in [3.05, 3.63) is 48.6 Å². The standard InChI is InChI=1S/C37H55N5O7/c1-11-16-24(27(43)31(45)38-19-12-2)39-30(44)26-25-23(37(25,9)10)20-42(26)32(46)28(35(3,4)5)40-34(48)41-29(36(6,7)8)33(47)49-21-22-17-14-13-15-18-22/h12-15,17-18,23-26,28-29H,2,11,16,19-21H2,1,3-10H3,(H,38,45)(H,39,44)(H2,40,41,48)/t23-,24?,25-,26-,28+,29+/m0/s1. The molecule has 1 aromatic rings. The summed E-state index contributed by atoms with van der Waals surface area (Å²) in [5, 5.41) is 10.8. The molecule has 1 saturated heterocycles. The Morgan fingerprint density at radius 1 is 0.959 bits per heavy atom. The Bertz CT molecular complexity index is 1410. The van der Waals surface area contributed by atoms with Crippen LogP contribution < -0.4 is 21.3 Å². The quantitative estimate of drug-likeness (QED) is 0.133. The zero-order chi connectivity index (χ0) is 36.9. The maximum Gasteiger partial charge on any atom is 0.329 e. The fourth-order valence-electron chi connectivity index (χ4n) is 6.60. The number of ketones is 1. The third-order valence-electron chi connectivity index (χ3n) is 9.59. The molecule has 1 aliphatic carbocycles. The van der Waals surface area contributed by atoms with E-state index in [2.05, 4.69) is 27.8 Å². The maximum atomic E-state index is 14.3. The van der Waals surface area contributed by atoms with E-state index < -0.39 is 70.5 Å². The number of carbonyl (C=O) groups excluding carboxylic acids is 6. The van der Waals surface area contributed by atoms with E-state index in [1.165, 1.54) is 11.0 Å². The average molecular weight is 682 g/mol. The Hall–Kier alpha value is -4.22. The van der Waals surface area contributed by atoms with Crippen molar-refractivity contribution in [2.45, 2.75) is 106 Å². The lowest BCUT2D eigenvalue weighted by atomic mass is 9.85. The average Bonchev–Trinajstić information content (AvgIpc) is 3.33. The number of nitrogens with zero attached hydrogens (tertiary/aromatic N) is 1. The van der Waals surface area contributed by atoms with Crippen molar-refractivity contribution < 1.29 is 33.5 Å². The van der Waals surface area contributed by atoms with Gasteiger partial charge in [-0.2, -0.15) is 0 Å². The number of esters is 1. The Labute approximate surface area is 290 Å². The van der Waals surface area contributed by atoms with Gasteiger partial charge in [-0.3, -0.25) is 19.2 Å². The van der Waals surface area contributed by atoms with Gasteiger partial charge in [-0.05, 0) is 40.1 Å². The number of hydrogen-bond donors (Lipinski definition) is 4. The molecule has 1 heterocycles. The van der Waals surface area contributed by atoms with Crippen LogP contribution in [-0.2, 0) is 35.3 Å². The first-order chi connectivity index (χ1) is 22.7. The Balaban J connectivity index is 1.80.